The van der Waals surface area contributed by atoms with Gasteiger partial charge < -0.3 is 9.30 Å². The van der Waals surface area contributed by atoms with Crippen LogP contribution in [0.1, 0.15) is 36.1 Å². The number of rotatable bonds is 4. The molecule has 0 atom stereocenters. The van der Waals surface area contributed by atoms with Gasteiger partial charge in [0, 0.05) is 35.4 Å². The molecule has 0 fully saturated rings. The summed E-state index contributed by atoms with van der Waals surface area (Å²) in [5.41, 5.74) is 5.89. The monoisotopic (exact) mass is 468 g/mol. The van der Waals surface area contributed by atoms with Gasteiger partial charge in [0.15, 0.2) is 0 Å². The number of halogens is 2. The van der Waals surface area contributed by atoms with E-state index in [1.54, 1.807) is 16.8 Å². The fraction of sp³-hybridized carbons (Fsp3) is 0.269. The van der Waals surface area contributed by atoms with Crippen LogP contribution in [0.5, 0.6) is 5.75 Å². The molecule has 0 bridgehead atoms. The van der Waals surface area contributed by atoms with Gasteiger partial charge in [0.25, 0.3) is 5.56 Å². The van der Waals surface area contributed by atoms with Crippen LogP contribution in [0.2, 0.25) is 5.02 Å². The van der Waals surface area contributed by atoms with Crippen molar-refractivity contribution in [2.24, 2.45) is 7.05 Å². The van der Waals surface area contributed by atoms with Crippen LogP contribution in [0.25, 0.3) is 16.6 Å². The SMILES string of the molecule is Cl.Cn1c2c(c3ccc(-n4ccc(OCc5ccc(Cl)cc5)cc4=O)cc31)CCCCC2. The lowest BCUT2D eigenvalue weighted by molar-refractivity contribution is 0.305. The molecule has 166 valence electrons. The summed E-state index contributed by atoms with van der Waals surface area (Å²) >= 11 is 5.92. The number of benzene rings is 2. The van der Waals surface area contributed by atoms with Crippen molar-refractivity contribution in [2.45, 2.75) is 38.7 Å². The molecule has 1 aliphatic rings. The summed E-state index contributed by atoms with van der Waals surface area (Å²) in [5, 5.41) is 2.01. The van der Waals surface area contributed by atoms with Gasteiger partial charge in [-0.2, -0.15) is 0 Å². The third-order valence-corrected chi connectivity index (χ3v) is 6.50. The lowest BCUT2D eigenvalue weighted by atomic mass is 10.1. The van der Waals surface area contributed by atoms with E-state index in [-0.39, 0.29) is 18.0 Å². The van der Waals surface area contributed by atoms with Crippen LogP contribution in [0.4, 0.5) is 0 Å². The quantitative estimate of drug-likeness (QED) is 0.331. The molecule has 6 heteroatoms. The zero-order valence-electron chi connectivity index (χ0n) is 18.0. The summed E-state index contributed by atoms with van der Waals surface area (Å²) in [5.74, 6) is 0.558. The topological polar surface area (TPSA) is 36.2 Å². The Labute approximate surface area is 198 Å². The van der Waals surface area contributed by atoms with Gasteiger partial charge in [-0.05, 0) is 67.1 Å². The van der Waals surface area contributed by atoms with Crippen LogP contribution >= 0.6 is 24.0 Å². The predicted molar refractivity (Wildman–Crippen MR) is 133 cm³/mol. The summed E-state index contributed by atoms with van der Waals surface area (Å²) in [4.78, 5) is 12.8. The average Bonchev–Trinajstić information content (AvgIpc) is 2.93. The Morgan fingerprint density at radius 1 is 0.969 bits per heavy atom. The van der Waals surface area contributed by atoms with E-state index in [1.807, 2.05) is 36.4 Å². The average molecular weight is 469 g/mol. The highest BCUT2D eigenvalue weighted by atomic mass is 35.5. The lowest BCUT2D eigenvalue weighted by Gasteiger charge is -2.10. The Bertz CT molecular complexity index is 1310. The minimum Gasteiger partial charge on any atom is -0.489 e. The van der Waals surface area contributed by atoms with Gasteiger partial charge in [-0.1, -0.05) is 36.2 Å². The van der Waals surface area contributed by atoms with Gasteiger partial charge in [0.2, 0.25) is 0 Å². The summed E-state index contributed by atoms with van der Waals surface area (Å²) in [6.45, 7) is 0.390. The smallest absolute Gasteiger partial charge is 0.258 e. The number of hydrogen-bond donors (Lipinski definition) is 0. The number of hydrogen-bond acceptors (Lipinski definition) is 2. The molecule has 1 aliphatic carbocycles. The molecule has 5 rings (SSSR count). The first-order chi connectivity index (χ1) is 15.1. The van der Waals surface area contributed by atoms with E-state index in [0.717, 1.165) is 24.1 Å². The molecule has 0 saturated carbocycles. The fourth-order valence-corrected chi connectivity index (χ4v) is 4.71. The molecule has 2 aromatic heterocycles. The fourth-order valence-electron chi connectivity index (χ4n) is 4.59. The minimum atomic E-state index is -0.108. The highest BCUT2D eigenvalue weighted by Gasteiger charge is 2.17. The Hall–Kier alpha value is -2.69. The Balaban J connectivity index is 0.00000245. The summed E-state index contributed by atoms with van der Waals surface area (Å²) in [6.07, 6.45) is 7.87. The van der Waals surface area contributed by atoms with E-state index in [9.17, 15) is 4.79 Å². The molecule has 32 heavy (non-hydrogen) atoms. The van der Waals surface area contributed by atoms with Crippen LogP contribution in [0, 0.1) is 0 Å². The second-order valence-corrected chi connectivity index (χ2v) is 8.67. The highest BCUT2D eigenvalue weighted by molar-refractivity contribution is 6.30. The molecule has 2 aromatic carbocycles. The molecule has 4 nitrogen and oxygen atoms in total. The van der Waals surface area contributed by atoms with Crippen molar-refractivity contribution in [3.05, 3.63) is 93.0 Å². The maximum atomic E-state index is 12.8. The van der Waals surface area contributed by atoms with Crippen LogP contribution < -0.4 is 10.3 Å². The van der Waals surface area contributed by atoms with Gasteiger partial charge in [-0.3, -0.25) is 9.36 Å². The van der Waals surface area contributed by atoms with Crippen molar-refractivity contribution in [3.8, 4) is 11.4 Å². The first-order valence-corrected chi connectivity index (χ1v) is 11.2. The standard InChI is InChI=1S/C26H25ClN2O2.ClH/c1-28-24-6-4-2-3-5-22(24)23-12-11-20(15-25(23)28)29-14-13-21(16-26(29)30)31-17-18-7-9-19(27)10-8-18;/h7-16H,2-6,17H2,1H3;1H. The summed E-state index contributed by atoms with van der Waals surface area (Å²) < 4.78 is 9.79. The minimum absolute atomic E-state index is 0. The van der Waals surface area contributed by atoms with E-state index < -0.39 is 0 Å². The number of pyridine rings is 1. The predicted octanol–water partition coefficient (Wildman–Crippen LogP) is 6.25. The molecule has 0 saturated heterocycles. The highest BCUT2D eigenvalue weighted by Crippen LogP contribution is 2.31. The molecule has 0 amide bonds. The zero-order chi connectivity index (χ0) is 21.4. The van der Waals surface area contributed by atoms with Crippen molar-refractivity contribution in [3.63, 3.8) is 0 Å². The normalized spacial score (nSPS) is 13.3. The molecule has 0 spiro atoms. The number of fused-ring (bicyclic) bond motifs is 3. The maximum absolute atomic E-state index is 12.8. The lowest BCUT2D eigenvalue weighted by Crippen LogP contribution is -2.16. The van der Waals surface area contributed by atoms with Gasteiger partial charge in [0.05, 0.1) is 11.2 Å². The van der Waals surface area contributed by atoms with E-state index >= 15 is 0 Å². The molecule has 2 heterocycles. The van der Waals surface area contributed by atoms with Gasteiger partial charge >= 0.3 is 0 Å². The Morgan fingerprint density at radius 3 is 2.53 bits per heavy atom. The largest absolute Gasteiger partial charge is 0.489 e. The molecular formula is C26H26Cl2N2O2. The zero-order valence-corrected chi connectivity index (χ0v) is 19.6. The second-order valence-electron chi connectivity index (χ2n) is 8.23. The third-order valence-electron chi connectivity index (χ3n) is 6.25. The Morgan fingerprint density at radius 2 is 1.75 bits per heavy atom. The van der Waals surface area contributed by atoms with E-state index in [1.165, 1.54) is 41.4 Å². The van der Waals surface area contributed by atoms with Crippen molar-refractivity contribution >= 4 is 34.9 Å². The van der Waals surface area contributed by atoms with Crippen molar-refractivity contribution in [1.29, 1.82) is 0 Å². The van der Waals surface area contributed by atoms with Crippen LogP contribution in [-0.4, -0.2) is 9.13 Å². The van der Waals surface area contributed by atoms with E-state index in [4.69, 9.17) is 16.3 Å². The first kappa shape index (κ1) is 22.5. The van der Waals surface area contributed by atoms with Crippen LogP contribution in [-0.2, 0) is 26.5 Å². The molecule has 4 aromatic rings. The summed E-state index contributed by atoms with van der Waals surface area (Å²) in [7, 11) is 2.15. The number of aromatic nitrogens is 2. The van der Waals surface area contributed by atoms with Crippen LogP contribution in [0.15, 0.2) is 65.6 Å². The maximum Gasteiger partial charge on any atom is 0.258 e. The van der Waals surface area contributed by atoms with Crippen LogP contribution in [0.3, 0.4) is 0 Å². The molecule has 0 aliphatic heterocycles. The van der Waals surface area contributed by atoms with Crippen molar-refractivity contribution in [1.82, 2.24) is 9.13 Å². The molecular weight excluding hydrogens is 443 g/mol. The van der Waals surface area contributed by atoms with E-state index in [0.29, 0.717) is 17.4 Å². The Kier molecular flexibility index (Phi) is 6.63. The van der Waals surface area contributed by atoms with Gasteiger partial charge in [-0.15, -0.1) is 12.4 Å². The number of ether oxygens (including phenoxy) is 1. The van der Waals surface area contributed by atoms with E-state index in [2.05, 4.69) is 23.7 Å². The molecule has 0 radical (unpaired) electrons. The summed E-state index contributed by atoms with van der Waals surface area (Å²) in [6, 6.07) is 17.2. The second kappa shape index (κ2) is 9.43. The third kappa shape index (κ3) is 4.30. The van der Waals surface area contributed by atoms with Gasteiger partial charge in [0.1, 0.15) is 12.4 Å². The molecule has 0 N–H and O–H groups in total. The first-order valence-electron chi connectivity index (χ1n) is 10.8. The molecule has 0 unspecified atom stereocenters. The van der Waals surface area contributed by atoms with Gasteiger partial charge in [-0.25, -0.2) is 0 Å². The van der Waals surface area contributed by atoms with Crippen molar-refractivity contribution < 1.29 is 4.74 Å². The number of nitrogens with zero attached hydrogens (tertiary/aromatic N) is 2. The van der Waals surface area contributed by atoms with Crippen molar-refractivity contribution in [2.75, 3.05) is 0 Å². The number of aryl methyl sites for hydroxylation is 2.